The second-order valence-electron chi connectivity index (χ2n) is 0.885. The van der Waals surface area contributed by atoms with Gasteiger partial charge in [-0.25, -0.2) is 0 Å². The average molecular weight is 512 g/mol. The van der Waals surface area contributed by atoms with E-state index in [4.69, 9.17) is 0 Å². The van der Waals surface area contributed by atoms with E-state index < -0.39 is 27.2 Å². The van der Waals surface area contributed by atoms with Crippen LogP contribution in [0, 0.1) is 0 Å². The van der Waals surface area contributed by atoms with Gasteiger partial charge >= 0.3 is 201 Å². The van der Waals surface area contributed by atoms with Gasteiger partial charge in [0.05, 0.1) is 0 Å². The van der Waals surface area contributed by atoms with Crippen LogP contribution in [0.25, 0.3) is 0 Å². The van der Waals surface area contributed by atoms with Crippen LogP contribution < -0.4 is 8.32 Å². The van der Waals surface area contributed by atoms with Gasteiger partial charge in [0.25, 0.3) is 0 Å². The van der Waals surface area contributed by atoms with Crippen LogP contribution >= 0.6 is 0 Å². The van der Waals surface area contributed by atoms with Gasteiger partial charge in [0, 0.05) is 0 Å². The number of hydrogen-bond acceptors (Lipinski definition) is 7. The van der Waals surface area contributed by atoms with Crippen molar-refractivity contribution in [2.45, 2.75) is 0 Å². The van der Waals surface area contributed by atoms with Crippen molar-refractivity contribution >= 4 is 103 Å². The van der Waals surface area contributed by atoms with Gasteiger partial charge in [-0.15, -0.1) is 0 Å². The average Bonchev–Trinajstić information content (AvgIpc) is 1.14. The molecule has 0 bridgehead atoms. The van der Waals surface area contributed by atoms with Gasteiger partial charge in [0.1, 0.15) is 0 Å². The maximum absolute atomic E-state index is 9.38. The molecule has 0 N–H and O–H groups in total. The molecule has 0 aliphatic carbocycles. The Morgan fingerprint density at radius 2 is 0.923 bits per heavy atom. The van der Waals surface area contributed by atoms with E-state index in [1.807, 2.05) is 0 Å². The molecule has 0 aliphatic rings. The second-order valence-corrected chi connectivity index (χ2v) is 4.52. The van der Waals surface area contributed by atoms with Gasteiger partial charge < -0.3 is 0 Å². The molecule has 13 heteroatoms. The molecule has 0 amide bonds. The first-order valence-corrected chi connectivity index (χ1v) is 5.50. The van der Waals surface area contributed by atoms with Crippen molar-refractivity contribution in [1.29, 1.82) is 0 Å². The van der Waals surface area contributed by atoms with E-state index in [2.05, 4.69) is 2.84 Å². The molecule has 0 unspecified atom stereocenters. The molecule has 0 aromatic rings. The van der Waals surface area contributed by atoms with Crippen molar-refractivity contribution < 1.29 is 98.4 Å². The predicted molar refractivity (Wildman–Crippen MR) is 18.1 cm³/mol. The van der Waals surface area contributed by atoms with Crippen molar-refractivity contribution in [1.82, 2.24) is 0 Å². The van der Waals surface area contributed by atoms with E-state index in [1.54, 1.807) is 0 Å². The van der Waals surface area contributed by atoms with Crippen molar-refractivity contribution in [3.63, 3.8) is 0 Å². The molecule has 0 spiro atoms. The van der Waals surface area contributed by atoms with Crippen molar-refractivity contribution in [3.05, 3.63) is 0 Å². The Morgan fingerprint density at radius 3 is 0.923 bits per heavy atom. The molecule has 0 heterocycles. The van der Waals surface area contributed by atoms with Gasteiger partial charge in [0.2, 0.25) is 0 Å². The van der Waals surface area contributed by atoms with Crippen LogP contribution in [0.15, 0.2) is 0 Å². The first-order chi connectivity index (χ1) is 3.71. The van der Waals surface area contributed by atoms with Crippen LogP contribution in [0.5, 0.6) is 0 Å². The van der Waals surface area contributed by atoms with Gasteiger partial charge in [-0.1, -0.05) is 0 Å². The fourth-order valence-corrected chi connectivity index (χ4v) is 1.74. The summed E-state index contributed by atoms with van der Waals surface area (Å²) in [6.45, 7) is 0. The van der Waals surface area contributed by atoms with Crippen LogP contribution in [-0.2, 0) is 90.0 Å². The first kappa shape index (κ1) is 30.7. The van der Waals surface area contributed by atoms with Gasteiger partial charge in [-0.3, -0.25) is 0 Å². The molecule has 13 heavy (non-hydrogen) atoms. The quantitative estimate of drug-likeness (QED) is 0.344. The first-order valence-electron chi connectivity index (χ1n) is 1.33. The number of hydrogen-bond donors (Lipinski definition) is 0. The topological polar surface area (TPSA) is 124 Å². The fraction of sp³-hybridized carbons (Fsp3) is 0. The molecule has 0 rings (SSSR count). The van der Waals surface area contributed by atoms with Gasteiger partial charge in [0.15, 0.2) is 0 Å². The zero-order valence-electron chi connectivity index (χ0n) is 4.28. The third-order valence-corrected chi connectivity index (χ3v) is 2.83. The SMILES string of the molecule is [Ag+].[Ag+].[KH].[KH].[O]=[Cr](=[O])([O-])[O][Cr](=[O])(=[O])[O-]. The minimum absolute atomic E-state index is 0. The Morgan fingerprint density at radius 1 is 0.769 bits per heavy atom. The summed E-state index contributed by atoms with van der Waals surface area (Å²) in [5.41, 5.74) is 0. The zero-order chi connectivity index (χ0) is 7.71. The Balaban J connectivity index is -0.0000000533. The molecule has 0 saturated heterocycles. The summed E-state index contributed by atoms with van der Waals surface area (Å²) in [4.78, 5) is 0. The molecular formula is H2Ag2Cr2K2O7. The van der Waals surface area contributed by atoms with Crippen LogP contribution in [0.3, 0.4) is 0 Å². The van der Waals surface area contributed by atoms with Crippen molar-refractivity contribution in [3.8, 4) is 0 Å². The minimum atomic E-state index is -6.07. The predicted octanol–water partition coefficient (Wildman–Crippen LogP) is -4.23. The third kappa shape index (κ3) is 31.6. The normalized spacial score (nSPS) is 9.38. The summed E-state index contributed by atoms with van der Waals surface area (Å²) >= 11 is -12.1. The standard InChI is InChI=1S/2Ag.2Cr.2K.7O.2H/q2*+1;;;;;;;;;;2*-1;;. The second kappa shape index (κ2) is 13.3. The molecule has 0 aliphatic heterocycles. The molecule has 0 fully saturated rings. The molecule has 0 radical (unpaired) electrons. The molecule has 7 nitrogen and oxygen atoms in total. The molecular weight excluding hydrogens is 510 g/mol. The van der Waals surface area contributed by atoms with E-state index in [0.717, 1.165) is 0 Å². The van der Waals surface area contributed by atoms with Crippen molar-refractivity contribution in [2.24, 2.45) is 0 Å². The molecule has 0 atom stereocenters. The Hall–Kier alpha value is 4.90. The van der Waals surface area contributed by atoms with Gasteiger partial charge in [-0.2, -0.15) is 0 Å². The summed E-state index contributed by atoms with van der Waals surface area (Å²) in [5, 5.41) is 0. The maximum atomic E-state index is 9.38. The fourth-order valence-electron chi connectivity index (χ4n) is 0.102. The zero-order valence-corrected chi connectivity index (χ0v) is 9.79. The number of rotatable bonds is 2. The molecule has 80 valence electrons. The van der Waals surface area contributed by atoms with Crippen LogP contribution in [-0.4, -0.2) is 103 Å². The summed E-state index contributed by atoms with van der Waals surface area (Å²) in [5.74, 6) is 0. The van der Waals surface area contributed by atoms with E-state index in [-0.39, 0.29) is 148 Å². The Bertz CT molecular complexity index is 248. The Labute approximate surface area is 195 Å². The van der Waals surface area contributed by atoms with Gasteiger partial charge in [-0.05, 0) is 0 Å². The summed E-state index contributed by atoms with van der Waals surface area (Å²) in [7, 11) is 0. The van der Waals surface area contributed by atoms with E-state index in [1.165, 1.54) is 0 Å². The van der Waals surface area contributed by atoms with E-state index in [0.29, 0.717) is 0 Å². The monoisotopic (exact) mass is 510 g/mol. The van der Waals surface area contributed by atoms with Crippen LogP contribution in [0.2, 0.25) is 0 Å². The van der Waals surface area contributed by atoms with Crippen molar-refractivity contribution in [2.75, 3.05) is 0 Å². The van der Waals surface area contributed by atoms with E-state index in [9.17, 15) is 23.5 Å². The summed E-state index contributed by atoms with van der Waals surface area (Å²) in [6.07, 6.45) is 0. The molecule has 0 aromatic carbocycles. The molecule has 0 saturated carbocycles. The van der Waals surface area contributed by atoms with Crippen LogP contribution in [0.4, 0.5) is 0 Å². The summed E-state index contributed by atoms with van der Waals surface area (Å²) < 4.78 is 58.9. The summed E-state index contributed by atoms with van der Waals surface area (Å²) in [6, 6.07) is 0. The Kier molecular flexibility index (Phi) is 31.5. The third-order valence-electron chi connectivity index (χ3n) is 0.167. The molecule has 0 aromatic heterocycles. The van der Waals surface area contributed by atoms with E-state index >= 15 is 0 Å². The van der Waals surface area contributed by atoms with Crippen LogP contribution in [0.1, 0.15) is 0 Å².